The van der Waals surface area contributed by atoms with Crippen LogP contribution in [-0.2, 0) is 27.4 Å². The van der Waals surface area contributed by atoms with E-state index in [0.717, 1.165) is 11.1 Å². The summed E-state index contributed by atoms with van der Waals surface area (Å²) in [6.45, 7) is 3.68. The average molecular weight is 514 g/mol. The molecule has 184 valence electrons. The van der Waals surface area contributed by atoms with Crippen molar-refractivity contribution in [1.29, 1.82) is 0 Å². The molecule has 1 heterocycles. The Hall–Kier alpha value is -3.57. The molecule has 3 amide bonds. The molecule has 0 fully saturated rings. The van der Waals surface area contributed by atoms with Crippen LogP contribution in [-0.4, -0.2) is 39.9 Å². The van der Waals surface area contributed by atoms with Crippen LogP contribution in [0.2, 0.25) is 0 Å². The van der Waals surface area contributed by atoms with Gasteiger partial charge in [-0.2, -0.15) is 0 Å². The first-order chi connectivity index (χ1) is 16.8. The summed E-state index contributed by atoms with van der Waals surface area (Å²) in [5, 5.41) is 9.36. The Labute approximate surface area is 212 Å². The number of hydrogen-bond donors (Lipinski definition) is 3. The van der Waals surface area contributed by atoms with E-state index in [9.17, 15) is 14.4 Å². The number of amides is 3. The molecule has 11 heteroatoms. The van der Waals surface area contributed by atoms with Gasteiger partial charge in [-0.3, -0.25) is 9.59 Å². The number of nitrogens with one attached hydrogen (secondary N) is 3. The zero-order chi connectivity index (χ0) is 25.2. The van der Waals surface area contributed by atoms with Gasteiger partial charge in [0.15, 0.2) is 0 Å². The molecular weight excluding hydrogens is 486 g/mol. The van der Waals surface area contributed by atoms with E-state index < -0.39 is 30.0 Å². The molecule has 2 unspecified atom stereocenters. The lowest BCUT2D eigenvalue weighted by Crippen LogP contribution is -2.55. The lowest BCUT2D eigenvalue weighted by atomic mass is 10.0. The van der Waals surface area contributed by atoms with Gasteiger partial charge in [0.1, 0.15) is 24.2 Å². The molecule has 0 aliphatic heterocycles. The molecule has 0 radical (unpaired) electrons. The summed E-state index contributed by atoms with van der Waals surface area (Å²) in [6.07, 6.45) is -0.513. The summed E-state index contributed by atoms with van der Waals surface area (Å²) in [6, 6.07) is 16.7. The molecular formula is C24H27N5O4S2. The van der Waals surface area contributed by atoms with E-state index >= 15 is 0 Å². The maximum Gasteiger partial charge on any atom is 0.408 e. The van der Waals surface area contributed by atoms with E-state index in [4.69, 9.17) is 17.0 Å². The van der Waals surface area contributed by atoms with Crippen LogP contribution in [0.1, 0.15) is 25.0 Å². The Morgan fingerprint density at radius 3 is 2.17 bits per heavy atom. The Bertz CT molecular complexity index is 1180. The number of alkyl carbamates (subject to hydrolysis) is 1. The van der Waals surface area contributed by atoms with Crippen molar-refractivity contribution in [3.8, 4) is 0 Å². The Balaban J connectivity index is 1.70. The van der Waals surface area contributed by atoms with Crippen LogP contribution in [0, 0.1) is 9.87 Å². The van der Waals surface area contributed by atoms with Crippen LogP contribution in [0.5, 0.6) is 0 Å². The SMILES string of the molecule is CC(C)C(NC(=O)C(Cc1ccccc1)NC(=O)OCc1ccccc1)C(=O)Nn1ncsc1=S. The van der Waals surface area contributed by atoms with Crippen molar-refractivity contribution in [1.82, 2.24) is 20.5 Å². The molecule has 1 aromatic heterocycles. The maximum absolute atomic E-state index is 13.2. The lowest BCUT2D eigenvalue weighted by Gasteiger charge is -2.25. The molecule has 2 aromatic carbocycles. The molecule has 9 nitrogen and oxygen atoms in total. The van der Waals surface area contributed by atoms with Crippen LogP contribution >= 0.6 is 23.6 Å². The van der Waals surface area contributed by atoms with E-state index in [1.54, 1.807) is 13.8 Å². The molecule has 2 atom stereocenters. The van der Waals surface area contributed by atoms with Gasteiger partial charge in [0.05, 0.1) is 0 Å². The summed E-state index contributed by atoms with van der Waals surface area (Å²) in [7, 11) is 0. The average Bonchev–Trinajstić information content (AvgIpc) is 3.25. The number of carbonyl (C=O) groups is 3. The number of nitrogens with zero attached hydrogens (tertiary/aromatic N) is 2. The quantitative estimate of drug-likeness (QED) is 0.358. The molecule has 3 rings (SSSR count). The van der Waals surface area contributed by atoms with Crippen LogP contribution in [0.3, 0.4) is 0 Å². The summed E-state index contributed by atoms with van der Waals surface area (Å²) >= 11 is 6.32. The van der Waals surface area contributed by atoms with Gasteiger partial charge in [0.2, 0.25) is 9.86 Å². The monoisotopic (exact) mass is 513 g/mol. The molecule has 3 N–H and O–H groups in total. The van der Waals surface area contributed by atoms with Gasteiger partial charge in [-0.1, -0.05) is 85.8 Å². The molecule has 0 aliphatic rings. The Morgan fingerprint density at radius 2 is 1.60 bits per heavy atom. The third-order valence-electron chi connectivity index (χ3n) is 5.06. The summed E-state index contributed by atoms with van der Waals surface area (Å²) in [5.41, 5.74) is 5.76. The van der Waals surface area contributed by atoms with E-state index in [1.165, 1.54) is 21.6 Å². The summed E-state index contributed by atoms with van der Waals surface area (Å²) in [5.74, 6) is -1.23. The molecule has 0 saturated heterocycles. The second-order valence-corrected chi connectivity index (χ2v) is 9.55. The van der Waals surface area contributed by atoms with Crippen molar-refractivity contribution in [2.45, 2.75) is 39.0 Å². The van der Waals surface area contributed by atoms with Gasteiger partial charge in [-0.15, -0.1) is 9.89 Å². The molecule has 0 saturated carbocycles. The zero-order valence-electron chi connectivity index (χ0n) is 19.3. The van der Waals surface area contributed by atoms with Gasteiger partial charge < -0.3 is 15.4 Å². The van der Waals surface area contributed by atoms with Crippen molar-refractivity contribution < 1.29 is 19.1 Å². The van der Waals surface area contributed by atoms with Crippen LogP contribution < -0.4 is 16.1 Å². The highest BCUT2D eigenvalue weighted by Gasteiger charge is 2.29. The highest BCUT2D eigenvalue weighted by molar-refractivity contribution is 7.73. The van der Waals surface area contributed by atoms with E-state index in [1.807, 2.05) is 60.7 Å². The minimum Gasteiger partial charge on any atom is -0.445 e. The number of benzene rings is 2. The van der Waals surface area contributed by atoms with Crippen molar-refractivity contribution in [3.05, 3.63) is 81.3 Å². The third-order valence-corrected chi connectivity index (χ3v) is 6.09. The number of aromatic nitrogens is 2. The zero-order valence-corrected chi connectivity index (χ0v) is 21.0. The fourth-order valence-corrected chi connectivity index (χ4v) is 3.86. The van der Waals surface area contributed by atoms with Crippen molar-refractivity contribution in [3.63, 3.8) is 0 Å². The second-order valence-electron chi connectivity index (χ2n) is 8.07. The third kappa shape index (κ3) is 8.01. The van der Waals surface area contributed by atoms with Crippen molar-refractivity contribution in [2.24, 2.45) is 5.92 Å². The molecule has 0 aliphatic carbocycles. The topological polar surface area (TPSA) is 114 Å². The first kappa shape index (κ1) is 26.0. The van der Waals surface area contributed by atoms with Gasteiger partial charge >= 0.3 is 6.09 Å². The van der Waals surface area contributed by atoms with Crippen molar-refractivity contribution in [2.75, 3.05) is 5.43 Å². The highest BCUT2D eigenvalue weighted by Crippen LogP contribution is 2.09. The largest absolute Gasteiger partial charge is 0.445 e. The van der Waals surface area contributed by atoms with Crippen molar-refractivity contribution >= 4 is 41.5 Å². The fourth-order valence-electron chi connectivity index (χ4n) is 3.22. The number of carbonyl (C=O) groups excluding carboxylic acids is 3. The maximum atomic E-state index is 13.2. The molecule has 3 aromatic rings. The second kappa shape index (κ2) is 12.8. The van der Waals surface area contributed by atoms with E-state index in [-0.39, 0.29) is 18.9 Å². The van der Waals surface area contributed by atoms with E-state index in [0.29, 0.717) is 3.95 Å². The van der Waals surface area contributed by atoms with Crippen LogP contribution in [0.4, 0.5) is 4.79 Å². The highest BCUT2D eigenvalue weighted by atomic mass is 32.1. The standard InChI is InChI=1S/C24H27N5O4S2/c1-16(2)20(22(31)28-29-24(34)35-15-25-29)27-21(30)19(13-17-9-5-3-6-10-17)26-23(32)33-14-18-11-7-4-8-12-18/h3-12,15-16,19-20H,13-14H2,1-2H3,(H,26,32)(H,27,30)(H,28,31). The van der Waals surface area contributed by atoms with Gasteiger partial charge in [0.25, 0.3) is 5.91 Å². The first-order valence-electron chi connectivity index (χ1n) is 11.0. The molecule has 0 spiro atoms. The smallest absolute Gasteiger partial charge is 0.408 e. The number of rotatable bonds is 10. The minimum absolute atomic E-state index is 0.0671. The van der Waals surface area contributed by atoms with Crippen LogP contribution in [0.15, 0.2) is 66.2 Å². The summed E-state index contributed by atoms with van der Waals surface area (Å²) in [4.78, 5) is 39.8. The Kier molecular flexibility index (Phi) is 9.50. The Morgan fingerprint density at radius 1 is 0.971 bits per heavy atom. The number of hydrogen-bond acceptors (Lipinski definition) is 7. The number of ether oxygens (including phenoxy) is 1. The van der Waals surface area contributed by atoms with Gasteiger partial charge in [-0.05, 0) is 29.3 Å². The summed E-state index contributed by atoms with van der Waals surface area (Å²) < 4.78 is 5.67. The van der Waals surface area contributed by atoms with Gasteiger partial charge in [0, 0.05) is 6.42 Å². The first-order valence-corrected chi connectivity index (χ1v) is 12.3. The van der Waals surface area contributed by atoms with Gasteiger partial charge in [-0.25, -0.2) is 10.2 Å². The normalized spacial score (nSPS) is 12.4. The van der Waals surface area contributed by atoms with Crippen LogP contribution in [0.25, 0.3) is 0 Å². The fraction of sp³-hybridized carbons (Fsp3) is 0.292. The molecule has 35 heavy (non-hydrogen) atoms. The molecule has 0 bridgehead atoms. The van der Waals surface area contributed by atoms with E-state index in [2.05, 4.69) is 21.2 Å². The predicted octanol–water partition coefficient (Wildman–Crippen LogP) is 3.42. The lowest BCUT2D eigenvalue weighted by molar-refractivity contribution is -0.129. The predicted molar refractivity (Wildman–Crippen MR) is 136 cm³/mol. The minimum atomic E-state index is -0.962.